The molecule has 0 aliphatic carbocycles. The number of benzene rings is 2. The summed E-state index contributed by atoms with van der Waals surface area (Å²) in [6.45, 7) is 9.75. The molecular weight excluding hydrogens is 400 g/mol. The monoisotopic (exact) mass is 430 g/mol. The SMILES string of the molecule is CC[C@H](C)NC(=O)[C@@H](C)N(Cc1cccc(C)c1)C(=O)COc1ccc(Cl)c(C)c1. The summed E-state index contributed by atoms with van der Waals surface area (Å²) in [6, 6.07) is 12.6. The standard InChI is InChI=1S/C24H31ClN2O3/c1-6-18(4)26-24(29)19(5)27(14-20-9-7-8-16(2)12-20)23(28)15-30-21-10-11-22(25)17(3)13-21/h7-13,18-19H,6,14-15H2,1-5H3,(H,26,29)/t18-,19+/m0/s1. The molecule has 0 heterocycles. The number of hydrogen-bond acceptors (Lipinski definition) is 3. The first-order valence-electron chi connectivity index (χ1n) is 10.3. The Morgan fingerprint density at radius 2 is 1.87 bits per heavy atom. The molecule has 2 atom stereocenters. The molecule has 6 heteroatoms. The third-order valence-electron chi connectivity index (χ3n) is 5.10. The van der Waals surface area contributed by atoms with Gasteiger partial charge in [0.2, 0.25) is 5.91 Å². The lowest BCUT2D eigenvalue weighted by molar-refractivity contribution is -0.142. The summed E-state index contributed by atoms with van der Waals surface area (Å²) in [4.78, 5) is 27.3. The van der Waals surface area contributed by atoms with Crippen molar-refractivity contribution in [1.29, 1.82) is 0 Å². The predicted molar refractivity (Wildman–Crippen MR) is 121 cm³/mol. The molecule has 0 fully saturated rings. The van der Waals surface area contributed by atoms with E-state index in [9.17, 15) is 9.59 Å². The quantitative estimate of drug-likeness (QED) is 0.629. The number of carbonyl (C=O) groups excluding carboxylic acids is 2. The number of halogens is 1. The van der Waals surface area contributed by atoms with Crippen LogP contribution >= 0.6 is 11.6 Å². The highest BCUT2D eigenvalue weighted by Gasteiger charge is 2.27. The number of ether oxygens (including phenoxy) is 1. The smallest absolute Gasteiger partial charge is 0.261 e. The van der Waals surface area contributed by atoms with E-state index in [1.54, 1.807) is 30.0 Å². The van der Waals surface area contributed by atoms with Gasteiger partial charge in [0, 0.05) is 17.6 Å². The molecule has 2 aromatic carbocycles. The highest BCUT2D eigenvalue weighted by molar-refractivity contribution is 6.31. The summed E-state index contributed by atoms with van der Waals surface area (Å²) in [5.41, 5.74) is 2.94. The van der Waals surface area contributed by atoms with Gasteiger partial charge in [-0.25, -0.2) is 0 Å². The fourth-order valence-electron chi connectivity index (χ4n) is 2.99. The number of nitrogens with one attached hydrogen (secondary N) is 1. The lowest BCUT2D eigenvalue weighted by Crippen LogP contribution is -2.50. The number of amides is 2. The van der Waals surface area contributed by atoms with Gasteiger partial charge in [-0.2, -0.15) is 0 Å². The van der Waals surface area contributed by atoms with Gasteiger partial charge in [-0.1, -0.05) is 48.4 Å². The van der Waals surface area contributed by atoms with Gasteiger partial charge in [-0.3, -0.25) is 9.59 Å². The number of hydrogen-bond donors (Lipinski definition) is 1. The zero-order chi connectivity index (χ0) is 22.3. The van der Waals surface area contributed by atoms with Crippen molar-refractivity contribution in [2.75, 3.05) is 6.61 Å². The van der Waals surface area contributed by atoms with Crippen molar-refractivity contribution in [3.63, 3.8) is 0 Å². The van der Waals surface area contributed by atoms with E-state index >= 15 is 0 Å². The van der Waals surface area contributed by atoms with E-state index in [1.165, 1.54) is 0 Å². The molecule has 2 aromatic rings. The van der Waals surface area contributed by atoms with Crippen molar-refractivity contribution >= 4 is 23.4 Å². The summed E-state index contributed by atoms with van der Waals surface area (Å²) in [6.07, 6.45) is 0.823. The maximum Gasteiger partial charge on any atom is 0.261 e. The van der Waals surface area contributed by atoms with Crippen molar-refractivity contribution in [2.45, 2.75) is 59.7 Å². The summed E-state index contributed by atoms with van der Waals surface area (Å²) in [5, 5.41) is 3.60. The van der Waals surface area contributed by atoms with Crippen LogP contribution in [0.1, 0.15) is 43.9 Å². The minimum absolute atomic E-state index is 0.0455. The molecule has 0 saturated carbocycles. The molecule has 162 valence electrons. The van der Waals surface area contributed by atoms with Crippen molar-refractivity contribution < 1.29 is 14.3 Å². The molecule has 2 amide bonds. The molecule has 0 spiro atoms. The summed E-state index contributed by atoms with van der Waals surface area (Å²) >= 11 is 6.05. The Morgan fingerprint density at radius 1 is 1.13 bits per heavy atom. The molecule has 0 saturated heterocycles. The van der Waals surface area contributed by atoms with E-state index in [0.717, 1.165) is 23.1 Å². The average Bonchev–Trinajstić information content (AvgIpc) is 2.72. The van der Waals surface area contributed by atoms with Crippen molar-refractivity contribution in [1.82, 2.24) is 10.2 Å². The van der Waals surface area contributed by atoms with E-state index in [2.05, 4.69) is 5.32 Å². The first-order valence-corrected chi connectivity index (χ1v) is 10.6. The molecular formula is C24H31ClN2O3. The summed E-state index contributed by atoms with van der Waals surface area (Å²) in [7, 11) is 0. The normalized spacial score (nSPS) is 12.7. The molecule has 2 rings (SSSR count). The van der Waals surface area contributed by atoms with Gasteiger partial charge in [-0.05, 0) is 63.4 Å². The van der Waals surface area contributed by atoms with Crippen LogP contribution in [0.15, 0.2) is 42.5 Å². The largest absolute Gasteiger partial charge is 0.484 e. The van der Waals surface area contributed by atoms with E-state index < -0.39 is 6.04 Å². The van der Waals surface area contributed by atoms with Crippen molar-refractivity contribution in [2.24, 2.45) is 0 Å². The highest BCUT2D eigenvalue weighted by atomic mass is 35.5. The van der Waals surface area contributed by atoms with Crippen LogP contribution in [-0.2, 0) is 16.1 Å². The Bertz CT molecular complexity index is 885. The molecule has 5 nitrogen and oxygen atoms in total. The second-order valence-corrected chi connectivity index (χ2v) is 8.11. The molecule has 30 heavy (non-hydrogen) atoms. The number of carbonyl (C=O) groups is 2. The first-order chi connectivity index (χ1) is 14.2. The summed E-state index contributed by atoms with van der Waals surface area (Å²) in [5.74, 6) is 0.140. The van der Waals surface area contributed by atoms with Crippen LogP contribution in [0.3, 0.4) is 0 Å². The highest BCUT2D eigenvalue weighted by Crippen LogP contribution is 2.21. The lowest BCUT2D eigenvalue weighted by Gasteiger charge is -2.29. The topological polar surface area (TPSA) is 58.6 Å². The Hall–Kier alpha value is -2.53. The van der Waals surface area contributed by atoms with E-state index in [-0.39, 0.29) is 24.5 Å². The van der Waals surface area contributed by atoms with Gasteiger partial charge in [0.25, 0.3) is 5.91 Å². The number of nitrogens with zero attached hydrogens (tertiary/aromatic N) is 1. The number of rotatable bonds is 9. The minimum atomic E-state index is -0.623. The molecule has 1 N–H and O–H groups in total. The van der Waals surface area contributed by atoms with Gasteiger partial charge >= 0.3 is 0 Å². The Labute approximate surface area is 184 Å². The van der Waals surface area contributed by atoms with E-state index in [0.29, 0.717) is 17.3 Å². The average molecular weight is 431 g/mol. The molecule has 0 bridgehead atoms. The lowest BCUT2D eigenvalue weighted by atomic mass is 10.1. The van der Waals surface area contributed by atoms with Crippen LogP contribution in [0.5, 0.6) is 5.75 Å². The predicted octanol–water partition coefficient (Wildman–Crippen LogP) is 4.67. The molecule has 0 radical (unpaired) electrons. The van der Waals surface area contributed by atoms with Gasteiger partial charge in [0.15, 0.2) is 6.61 Å². The van der Waals surface area contributed by atoms with Crippen LogP contribution in [0, 0.1) is 13.8 Å². The first kappa shape index (κ1) is 23.7. The zero-order valence-corrected chi connectivity index (χ0v) is 19.1. The van der Waals surface area contributed by atoms with E-state index in [4.69, 9.17) is 16.3 Å². The minimum Gasteiger partial charge on any atom is -0.484 e. The van der Waals surface area contributed by atoms with Crippen LogP contribution in [-0.4, -0.2) is 35.4 Å². The molecule has 0 aliphatic heterocycles. The zero-order valence-electron chi connectivity index (χ0n) is 18.4. The fourth-order valence-corrected chi connectivity index (χ4v) is 3.11. The second-order valence-electron chi connectivity index (χ2n) is 7.70. The molecule has 0 aliphatic rings. The Morgan fingerprint density at radius 3 is 2.50 bits per heavy atom. The van der Waals surface area contributed by atoms with Gasteiger partial charge in [0.1, 0.15) is 11.8 Å². The van der Waals surface area contributed by atoms with Crippen LogP contribution in [0.25, 0.3) is 0 Å². The van der Waals surface area contributed by atoms with Gasteiger partial charge in [0.05, 0.1) is 0 Å². The van der Waals surface area contributed by atoms with Crippen LogP contribution in [0.2, 0.25) is 5.02 Å². The molecule has 0 unspecified atom stereocenters. The Kier molecular flexibility index (Phi) is 8.72. The number of aryl methyl sites for hydroxylation is 2. The third-order valence-corrected chi connectivity index (χ3v) is 5.52. The van der Waals surface area contributed by atoms with Gasteiger partial charge in [-0.15, -0.1) is 0 Å². The Balaban J connectivity index is 2.16. The molecule has 0 aromatic heterocycles. The van der Waals surface area contributed by atoms with Crippen LogP contribution < -0.4 is 10.1 Å². The van der Waals surface area contributed by atoms with Crippen molar-refractivity contribution in [3.05, 3.63) is 64.2 Å². The van der Waals surface area contributed by atoms with Gasteiger partial charge < -0.3 is 15.0 Å². The van der Waals surface area contributed by atoms with Crippen molar-refractivity contribution in [3.8, 4) is 5.75 Å². The second kappa shape index (κ2) is 11.0. The maximum absolute atomic E-state index is 13.1. The fraction of sp³-hybridized carbons (Fsp3) is 0.417. The maximum atomic E-state index is 13.1. The third kappa shape index (κ3) is 6.77. The van der Waals surface area contributed by atoms with E-state index in [1.807, 2.05) is 52.0 Å². The van der Waals surface area contributed by atoms with Crippen LogP contribution in [0.4, 0.5) is 0 Å². The summed E-state index contributed by atoms with van der Waals surface area (Å²) < 4.78 is 5.70.